The third-order valence-corrected chi connectivity index (χ3v) is 1.37. The van der Waals surface area contributed by atoms with Crippen molar-refractivity contribution in [3.05, 3.63) is 12.2 Å². The number of carbonyl (C=O) groups excluding carboxylic acids is 2. The summed E-state index contributed by atoms with van der Waals surface area (Å²) in [6.45, 7) is 9.68. The van der Waals surface area contributed by atoms with E-state index in [1.54, 1.807) is 13.8 Å². The topological polar surface area (TPSA) is 78.6 Å². The Morgan fingerprint density at radius 2 is 1.81 bits per heavy atom. The lowest BCUT2D eigenvalue weighted by molar-refractivity contribution is -0.138. The lowest BCUT2D eigenvalue weighted by Gasteiger charge is -1.96. The number of unbranched alkanes of at least 4 members (excludes halogenated alkanes) is 1. The Hall–Kier alpha value is -1.52. The predicted molar refractivity (Wildman–Crippen MR) is 61.9 cm³/mol. The van der Waals surface area contributed by atoms with E-state index in [0.29, 0.717) is 18.8 Å². The van der Waals surface area contributed by atoms with Gasteiger partial charge in [-0.3, -0.25) is 0 Å². The van der Waals surface area contributed by atoms with E-state index < -0.39 is 6.09 Å². The number of hydrogen-bond donors (Lipinski definition) is 1. The Kier molecular flexibility index (Phi) is 12.2. The second-order valence-corrected chi connectivity index (χ2v) is 3.02. The van der Waals surface area contributed by atoms with Crippen molar-refractivity contribution in [2.24, 2.45) is 5.73 Å². The molecule has 0 radical (unpaired) electrons. The van der Waals surface area contributed by atoms with Gasteiger partial charge in [0.15, 0.2) is 0 Å². The molecule has 94 valence electrons. The second kappa shape index (κ2) is 11.6. The van der Waals surface area contributed by atoms with Crippen LogP contribution in [0.5, 0.6) is 0 Å². The zero-order chi connectivity index (χ0) is 13.0. The standard InChI is InChI=1S/C6H10O2.C5H11NO2/c1-4-8-6(7)5(2)3;1-2-3-4-8-5(6)7/h2,4H2,1,3H3;2-4H2,1H3,(H2,6,7). The van der Waals surface area contributed by atoms with Gasteiger partial charge in [0.2, 0.25) is 0 Å². The van der Waals surface area contributed by atoms with Crippen LogP contribution < -0.4 is 5.73 Å². The van der Waals surface area contributed by atoms with Crippen molar-refractivity contribution >= 4 is 12.1 Å². The summed E-state index contributed by atoms with van der Waals surface area (Å²) in [6.07, 6.45) is 1.23. The Balaban J connectivity index is 0. The van der Waals surface area contributed by atoms with E-state index in [-0.39, 0.29) is 5.97 Å². The summed E-state index contributed by atoms with van der Waals surface area (Å²) in [5.74, 6) is -0.312. The van der Waals surface area contributed by atoms with Crippen LogP contribution in [-0.4, -0.2) is 25.3 Å². The van der Waals surface area contributed by atoms with Gasteiger partial charge < -0.3 is 15.2 Å². The number of primary amides is 1. The summed E-state index contributed by atoms with van der Waals surface area (Å²) >= 11 is 0. The number of esters is 1. The molecule has 0 bridgehead atoms. The highest BCUT2D eigenvalue weighted by molar-refractivity contribution is 5.86. The van der Waals surface area contributed by atoms with E-state index in [0.717, 1.165) is 12.8 Å². The van der Waals surface area contributed by atoms with Crippen LogP contribution in [0.15, 0.2) is 12.2 Å². The van der Waals surface area contributed by atoms with Crippen LogP contribution in [0.3, 0.4) is 0 Å². The first-order chi connectivity index (χ1) is 7.45. The number of rotatable bonds is 5. The summed E-state index contributed by atoms with van der Waals surface area (Å²) < 4.78 is 8.99. The first-order valence-electron chi connectivity index (χ1n) is 5.20. The molecule has 0 aromatic rings. The molecule has 0 spiro atoms. The van der Waals surface area contributed by atoms with Crippen molar-refractivity contribution in [3.8, 4) is 0 Å². The Bertz CT molecular complexity index is 226. The lowest BCUT2D eigenvalue weighted by Crippen LogP contribution is -2.13. The van der Waals surface area contributed by atoms with Crippen molar-refractivity contribution in [2.45, 2.75) is 33.6 Å². The summed E-state index contributed by atoms with van der Waals surface area (Å²) in [4.78, 5) is 20.3. The molecule has 16 heavy (non-hydrogen) atoms. The van der Waals surface area contributed by atoms with E-state index in [4.69, 9.17) is 0 Å². The number of ether oxygens (including phenoxy) is 2. The van der Waals surface area contributed by atoms with E-state index >= 15 is 0 Å². The molecule has 0 unspecified atom stereocenters. The molecule has 0 atom stereocenters. The molecule has 0 aliphatic heterocycles. The number of nitrogens with two attached hydrogens (primary N) is 1. The van der Waals surface area contributed by atoms with Crippen LogP contribution in [0.4, 0.5) is 4.79 Å². The predicted octanol–water partition coefficient (Wildman–Crippen LogP) is 2.01. The van der Waals surface area contributed by atoms with Crippen molar-refractivity contribution in [3.63, 3.8) is 0 Å². The van der Waals surface area contributed by atoms with E-state index in [9.17, 15) is 9.59 Å². The fourth-order valence-electron chi connectivity index (χ4n) is 0.571. The fourth-order valence-corrected chi connectivity index (χ4v) is 0.571. The minimum absolute atomic E-state index is 0.312. The van der Waals surface area contributed by atoms with Crippen molar-refractivity contribution in [1.29, 1.82) is 0 Å². The highest BCUT2D eigenvalue weighted by Crippen LogP contribution is 1.89. The molecule has 0 aliphatic carbocycles. The maximum atomic E-state index is 10.4. The molecule has 2 N–H and O–H groups in total. The molecule has 0 heterocycles. The van der Waals surface area contributed by atoms with Crippen LogP contribution in [0.1, 0.15) is 33.6 Å². The summed E-state index contributed by atoms with van der Waals surface area (Å²) in [7, 11) is 0. The van der Waals surface area contributed by atoms with Gasteiger partial charge >= 0.3 is 12.1 Å². The van der Waals surface area contributed by atoms with Gasteiger partial charge in [0.1, 0.15) is 0 Å². The number of amides is 1. The number of carbonyl (C=O) groups is 2. The maximum Gasteiger partial charge on any atom is 0.404 e. The minimum atomic E-state index is -0.682. The Morgan fingerprint density at radius 3 is 2.06 bits per heavy atom. The van der Waals surface area contributed by atoms with Crippen LogP contribution >= 0.6 is 0 Å². The average molecular weight is 231 g/mol. The van der Waals surface area contributed by atoms with E-state index in [2.05, 4.69) is 21.8 Å². The first-order valence-corrected chi connectivity index (χ1v) is 5.20. The van der Waals surface area contributed by atoms with Crippen molar-refractivity contribution < 1.29 is 19.1 Å². The molecule has 5 heteroatoms. The Morgan fingerprint density at radius 1 is 1.25 bits per heavy atom. The average Bonchev–Trinajstić information content (AvgIpc) is 2.19. The van der Waals surface area contributed by atoms with Gasteiger partial charge in [0.05, 0.1) is 13.2 Å². The van der Waals surface area contributed by atoms with Gasteiger partial charge in [-0.15, -0.1) is 0 Å². The zero-order valence-corrected chi connectivity index (χ0v) is 10.2. The molecule has 0 aromatic carbocycles. The molecular weight excluding hydrogens is 210 g/mol. The van der Waals surface area contributed by atoms with Crippen molar-refractivity contribution in [2.75, 3.05) is 13.2 Å². The van der Waals surface area contributed by atoms with Gasteiger partial charge in [-0.1, -0.05) is 19.9 Å². The molecular formula is C11H21NO4. The summed E-state index contributed by atoms with van der Waals surface area (Å²) in [5, 5.41) is 0. The molecule has 0 saturated heterocycles. The van der Waals surface area contributed by atoms with Gasteiger partial charge in [-0.05, 0) is 20.3 Å². The van der Waals surface area contributed by atoms with Crippen LogP contribution in [0.2, 0.25) is 0 Å². The zero-order valence-electron chi connectivity index (χ0n) is 10.2. The van der Waals surface area contributed by atoms with Crippen LogP contribution in [-0.2, 0) is 14.3 Å². The third-order valence-electron chi connectivity index (χ3n) is 1.37. The molecule has 1 amide bonds. The van der Waals surface area contributed by atoms with Gasteiger partial charge in [0, 0.05) is 5.57 Å². The van der Waals surface area contributed by atoms with Gasteiger partial charge in [-0.25, -0.2) is 9.59 Å². The lowest BCUT2D eigenvalue weighted by atomic mass is 10.4. The normalized spacial score (nSPS) is 8.44. The molecule has 0 aromatic heterocycles. The molecule has 0 saturated carbocycles. The highest BCUT2D eigenvalue weighted by Gasteiger charge is 1.98. The van der Waals surface area contributed by atoms with Gasteiger partial charge in [0.25, 0.3) is 0 Å². The Labute approximate surface area is 96.6 Å². The first kappa shape index (κ1) is 16.9. The second-order valence-electron chi connectivity index (χ2n) is 3.02. The molecule has 0 aliphatic rings. The fraction of sp³-hybridized carbons (Fsp3) is 0.636. The highest BCUT2D eigenvalue weighted by atomic mass is 16.5. The minimum Gasteiger partial charge on any atom is -0.463 e. The van der Waals surface area contributed by atoms with Crippen LogP contribution in [0, 0.1) is 0 Å². The maximum absolute atomic E-state index is 10.4. The quantitative estimate of drug-likeness (QED) is 0.446. The van der Waals surface area contributed by atoms with Gasteiger partial charge in [-0.2, -0.15) is 0 Å². The van der Waals surface area contributed by atoms with Crippen LogP contribution in [0.25, 0.3) is 0 Å². The van der Waals surface area contributed by atoms with E-state index in [1.807, 2.05) is 6.92 Å². The van der Waals surface area contributed by atoms with E-state index in [1.165, 1.54) is 0 Å². The van der Waals surface area contributed by atoms with Crippen molar-refractivity contribution in [1.82, 2.24) is 0 Å². The largest absolute Gasteiger partial charge is 0.463 e. The molecule has 5 nitrogen and oxygen atoms in total. The molecule has 0 fully saturated rings. The third kappa shape index (κ3) is 15.0. The summed E-state index contributed by atoms with van der Waals surface area (Å²) in [6, 6.07) is 0. The number of hydrogen-bond acceptors (Lipinski definition) is 4. The molecule has 0 rings (SSSR count). The summed E-state index contributed by atoms with van der Waals surface area (Å²) in [5.41, 5.74) is 5.12. The smallest absolute Gasteiger partial charge is 0.404 e. The monoisotopic (exact) mass is 231 g/mol. The SMILES string of the molecule is C=C(C)C(=O)OCC.CCCCOC(N)=O.